The largest absolute Gasteiger partial charge is 0.339 e. The van der Waals surface area contributed by atoms with E-state index in [9.17, 15) is 9.36 Å². The third kappa shape index (κ3) is 8.15. The Labute approximate surface area is 104 Å². The second-order valence-electron chi connectivity index (χ2n) is 3.43. The van der Waals surface area contributed by atoms with Gasteiger partial charge in [-0.1, -0.05) is 19.3 Å². The first-order valence-electron chi connectivity index (χ1n) is 5.97. The molecule has 0 rings (SSSR count). The fourth-order valence-corrected chi connectivity index (χ4v) is 2.64. The van der Waals surface area contributed by atoms with Crippen LogP contribution in [0.2, 0.25) is 0 Å². The third-order valence-electron chi connectivity index (χ3n) is 1.87. The van der Waals surface area contributed by atoms with E-state index in [-0.39, 0.29) is 25.2 Å². The van der Waals surface area contributed by atoms with E-state index in [1.807, 2.05) is 0 Å². The summed E-state index contributed by atoms with van der Waals surface area (Å²) in [5.41, 5.74) is 0. The zero-order valence-corrected chi connectivity index (χ0v) is 11.7. The summed E-state index contributed by atoms with van der Waals surface area (Å²) in [5, 5.41) is 0. The highest BCUT2D eigenvalue weighted by Crippen LogP contribution is 2.47. The maximum absolute atomic E-state index is 12.0. The van der Waals surface area contributed by atoms with Gasteiger partial charge in [0.2, 0.25) is 5.78 Å². The number of rotatable bonds is 8. The van der Waals surface area contributed by atoms with E-state index in [0.717, 1.165) is 12.8 Å². The number of hydrogen-bond donors (Lipinski definition) is 0. The molecule has 4 nitrogen and oxygen atoms in total. The second-order valence-corrected chi connectivity index (χ2v) is 5.49. The van der Waals surface area contributed by atoms with Crippen molar-refractivity contribution in [1.82, 2.24) is 0 Å². The maximum Gasteiger partial charge on any atom is 0.339 e. The van der Waals surface area contributed by atoms with Crippen LogP contribution in [-0.4, -0.2) is 25.2 Å². The first-order chi connectivity index (χ1) is 8.08. The van der Waals surface area contributed by atoms with Crippen LogP contribution in [0.1, 0.15) is 40.0 Å². The van der Waals surface area contributed by atoms with Crippen molar-refractivity contribution in [3.8, 4) is 11.8 Å². The second kappa shape index (κ2) is 9.41. The van der Waals surface area contributed by atoms with Gasteiger partial charge < -0.3 is 9.05 Å². The lowest BCUT2D eigenvalue weighted by Crippen LogP contribution is -2.07. The van der Waals surface area contributed by atoms with E-state index >= 15 is 0 Å². The monoisotopic (exact) mass is 260 g/mol. The van der Waals surface area contributed by atoms with Crippen molar-refractivity contribution in [2.24, 2.45) is 0 Å². The van der Waals surface area contributed by atoms with Crippen LogP contribution in [0.25, 0.3) is 0 Å². The molecule has 0 fully saturated rings. The Bertz CT molecular complexity index is 317. The topological polar surface area (TPSA) is 52.6 Å². The van der Waals surface area contributed by atoms with Gasteiger partial charge in [-0.2, -0.15) is 0 Å². The molecule has 0 N–H and O–H groups in total. The van der Waals surface area contributed by atoms with E-state index in [2.05, 4.69) is 18.8 Å². The molecule has 98 valence electrons. The highest BCUT2D eigenvalue weighted by Gasteiger charge is 2.26. The lowest BCUT2D eigenvalue weighted by atomic mass is 10.2. The van der Waals surface area contributed by atoms with Crippen LogP contribution < -0.4 is 0 Å². The van der Waals surface area contributed by atoms with E-state index in [0.29, 0.717) is 6.42 Å². The van der Waals surface area contributed by atoms with Crippen LogP contribution in [-0.2, 0) is 18.4 Å². The van der Waals surface area contributed by atoms with Crippen LogP contribution in [0, 0.1) is 11.8 Å². The Morgan fingerprint density at radius 3 is 2.24 bits per heavy atom. The molecule has 5 heteroatoms. The zero-order valence-electron chi connectivity index (χ0n) is 10.8. The summed E-state index contributed by atoms with van der Waals surface area (Å²) in [6, 6.07) is 0. The molecule has 0 spiro atoms. The van der Waals surface area contributed by atoms with Crippen LogP contribution in [0.5, 0.6) is 0 Å². The SMILES string of the molecule is CCCCC#CC(=O)CP(=O)(OCC)OCC. The van der Waals surface area contributed by atoms with Crippen molar-refractivity contribution in [3.63, 3.8) is 0 Å². The quantitative estimate of drug-likeness (QED) is 0.291. The summed E-state index contributed by atoms with van der Waals surface area (Å²) >= 11 is 0. The lowest BCUT2D eigenvalue weighted by Gasteiger charge is -2.14. The van der Waals surface area contributed by atoms with Crippen molar-refractivity contribution in [3.05, 3.63) is 0 Å². The molecule has 0 heterocycles. The molecule has 17 heavy (non-hydrogen) atoms. The van der Waals surface area contributed by atoms with Crippen LogP contribution >= 0.6 is 7.60 Å². The Morgan fingerprint density at radius 1 is 1.18 bits per heavy atom. The molecule has 0 unspecified atom stereocenters. The van der Waals surface area contributed by atoms with Gasteiger partial charge in [-0.25, -0.2) is 0 Å². The van der Waals surface area contributed by atoms with Crippen molar-refractivity contribution in [2.75, 3.05) is 19.4 Å². The van der Waals surface area contributed by atoms with Crippen LogP contribution in [0.3, 0.4) is 0 Å². The molecule has 0 saturated carbocycles. The minimum absolute atomic E-state index is 0.256. The van der Waals surface area contributed by atoms with Crippen molar-refractivity contribution in [1.29, 1.82) is 0 Å². The number of unbranched alkanes of at least 4 members (excludes halogenated alkanes) is 2. The van der Waals surface area contributed by atoms with E-state index in [4.69, 9.17) is 9.05 Å². The average molecular weight is 260 g/mol. The van der Waals surface area contributed by atoms with Crippen molar-refractivity contribution in [2.45, 2.75) is 40.0 Å². The Hall–Kier alpha value is -0.620. The maximum atomic E-state index is 12.0. The zero-order chi connectivity index (χ0) is 13.1. The number of hydrogen-bond acceptors (Lipinski definition) is 4. The molecule has 0 aliphatic heterocycles. The summed E-state index contributed by atoms with van der Waals surface area (Å²) in [7, 11) is -3.28. The first kappa shape index (κ1) is 16.4. The lowest BCUT2D eigenvalue weighted by molar-refractivity contribution is -0.111. The van der Waals surface area contributed by atoms with Gasteiger partial charge in [0.1, 0.15) is 6.16 Å². The van der Waals surface area contributed by atoms with Crippen molar-refractivity contribution >= 4 is 13.4 Å². The molecule has 0 aromatic heterocycles. The minimum atomic E-state index is -3.28. The Balaban J connectivity index is 4.29. The molecule has 0 amide bonds. The van der Waals surface area contributed by atoms with Gasteiger partial charge in [0.15, 0.2) is 0 Å². The van der Waals surface area contributed by atoms with Gasteiger partial charge in [0, 0.05) is 6.42 Å². The molecular weight excluding hydrogens is 239 g/mol. The normalized spacial score (nSPS) is 10.8. The smallest absolute Gasteiger partial charge is 0.309 e. The fraction of sp³-hybridized carbons (Fsp3) is 0.750. The van der Waals surface area contributed by atoms with Crippen LogP contribution in [0.4, 0.5) is 0 Å². The standard InChI is InChI=1S/C12H21O4P/c1-4-7-8-9-10-12(13)11-17(14,15-5-2)16-6-3/h4-8,11H2,1-3H3. The van der Waals surface area contributed by atoms with Gasteiger partial charge in [0.05, 0.1) is 13.2 Å². The van der Waals surface area contributed by atoms with Crippen LogP contribution in [0.15, 0.2) is 0 Å². The number of carbonyl (C=O) groups is 1. The van der Waals surface area contributed by atoms with Gasteiger partial charge in [-0.05, 0) is 26.2 Å². The van der Waals surface area contributed by atoms with Gasteiger partial charge in [0.25, 0.3) is 0 Å². The molecule has 0 aromatic carbocycles. The predicted octanol–water partition coefficient (Wildman–Crippen LogP) is 3.02. The predicted molar refractivity (Wildman–Crippen MR) is 68.0 cm³/mol. The summed E-state index contributed by atoms with van der Waals surface area (Å²) in [6.07, 6.45) is 2.44. The minimum Gasteiger partial charge on any atom is -0.309 e. The Morgan fingerprint density at radius 2 is 1.76 bits per heavy atom. The molecule has 0 aromatic rings. The van der Waals surface area contributed by atoms with Gasteiger partial charge >= 0.3 is 7.60 Å². The molecule has 0 aliphatic carbocycles. The average Bonchev–Trinajstić information content (AvgIpc) is 2.24. The number of ketones is 1. The summed E-state index contributed by atoms with van der Waals surface area (Å²) in [4.78, 5) is 11.5. The molecule has 0 saturated heterocycles. The molecule has 0 radical (unpaired) electrons. The van der Waals surface area contributed by atoms with E-state index in [1.165, 1.54) is 0 Å². The van der Waals surface area contributed by atoms with E-state index < -0.39 is 7.60 Å². The van der Waals surface area contributed by atoms with E-state index in [1.54, 1.807) is 13.8 Å². The summed E-state index contributed by atoms with van der Waals surface area (Å²) < 4.78 is 22.0. The fourth-order valence-electron chi connectivity index (χ4n) is 1.16. The molecular formula is C12H21O4P. The third-order valence-corrected chi connectivity index (χ3v) is 3.85. The summed E-state index contributed by atoms with van der Waals surface area (Å²) in [5.74, 6) is 4.85. The highest BCUT2D eigenvalue weighted by atomic mass is 31.2. The first-order valence-corrected chi connectivity index (χ1v) is 7.70. The highest BCUT2D eigenvalue weighted by molar-refractivity contribution is 7.55. The molecule has 0 bridgehead atoms. The van der Waals surface area contributed by atoms with Crippen molar-refractivity contribution < 1.29 is 18.4 Å². The van der Waals surface area contributed by atoms with Gasteiger partial charge in [-0.3, -0.25) is 9.36 Å². The Kier molecular flexibility index (Phi) is 9.07. The molecule has 0 atom stereocenters. The van der Waals surface area contributed by atoms with Gasteiger partial charge in [-0.15, -0.1) is 0 Å². The molecule has 0 aliphatic rings. The summed E-state index contributed by atoms with van der Waals surface area (Å²) in [6.45, 7) is 6.00. The number of Topliss-reactive ketones (excluding diaryl/α,β-unsaturated/α-hetero) is 1. The number of carbonyl (C=O) groups excluding carboxylic acids is 1.